The molecule has 0 spiro atoms. The highest BCUT2D eigenvalue weighted by Gasteiger charge is 2.38. The first-order chi connectivity index (χ1) is 7.72. The highest BCUT2D eigenvalue weighted by Crippen LogP contribution is 2.38. The van der Waals surface area contributed by atoms with Gasteiger partial charge in [-0.15, -0.1) is 0 Å². The summed E-state index contributed by atoms with van der Waals surface area (Å²) in [6.45, 7) is 10.8. The van der Waals surface area contributed by atoms with Crippen molar-refractivity contribution < 1.29 is 0 Å². The summed E-state index contributed by atoms with van der Waals surface area (Å²) >= 11 is 0. The van der Waals surface area contributed by atoms with Crippen LogP contribution in [0, 0.1) is 11.8 Å². The molecule has 2 aliphatic rings. The van der Waals surface area contributed by atoms with Crippen LogP contribution in [0.2, 0.25) is 0 Å². The maximum atomic E-state index is 3.51. The Balaban J connectivity index is 1.84. The highest BCUT2D eigenvalue weighted by atomic mass is 15.2. The van der Waals surface area contributed by atoms with Crippen molar-refractivity contribution in [3.63, 3.8) is 0 Å². The van der Waals surface area contributed by atoms with Crippen molar-refractivity contribution in [1.82, 2.24) is 10.2 Å². The average molecular weight is 224 g/mol. The summed E-state index contributed by atoms with van der Waals surface area (Å²) in [4.78, 5) is 2.80. The summed E-state index contributed by atoms with van der Waals surface area (Å²) < 4.78 is 0. The fraction of sp³-hybridized carbons (Fsp3) is 1.00. The Morgan fingerprint density at radius 1 is 1.25 bits per heavy atom. The first-order valence-corrected chi connectivity index (χ1v) is 7.18. The minimum absolute atomic E-state index is 0.832. The molecule has 2 fully saturated rings. The zero-order valence-electron chi connectivity index (χ0n) is 11.2. The molecule has 1 unspecified atom stereocenters. The van der Waals surface area contributed by atoms with Gasteiger partial charge in [0, 0.05) is 18.6 Å². The SMILES string of the molecule is CCCN(C1CCNC1)C1CC(C(C)C)C1. The van der Waals surface area contributed by atoms with Crippen LogP contribution >= 0.6 is 0 Å². The van der Waals surface area contributed by atoms with Gasteiger partial charge in [0.25, 0.3) is 0 Å². The second kappa shape index (κ2) is 5.50. The summed E-state index contributed by atoms with van der Waals surface area (Å²) in [5.74, 6) is 1.89. The van der Waals surface area contributed by atoms with E-state index in [2.05, 4.69) is 31.0 Å². The van der Waals surface area contributed by atoms with E-state index in [1.165, 1.54) is 45.3 Å². The van der Waals surface area contributed by atoms with Crippen LogP contribution < -0.4 is 5.32 Å². The Morgan fingerprint density at radius 2 is 2.00 bits per heavy atom. The van der Waals surface area contributed by atoms with Crippen LogP contribution in [0.15, 0.2) is 0 Å². The third kappa shape index (κ3) is 2.60. The molecule has 94 valence electrons. The molecule has 1 aliphatic carbocycles. The van der Waals surface area contributed by atoms with E-state index >= 15 is 0 Å². The third-order valence-electron chi connectivity index (χ3n) is 4.55. The van der Waals surface area contributed by atoms with Crippen LogP contribution in [-0.2, 0) is 0 Å². The zero-order valence-corrected chi connectivity index (χ0v) is 11.2. The summed E-state index contributed by atoms with van der Waals surface area (Å²) in [7, 11) is 0. The lowest BCUT2D eigenvalue weighted by molar-refractivity contribution is 0.0298. The average Bonchev–Trinajstić information content (AvgIpc) is 2.66. The van der Waals surface area contributed by atoms with Gasteiger partial charge < -0.3 is 5.32 Å². The van der Waals surface area contributed by atoms with Crippen molar-refractivity contribution >= 4 is 0 Å². The van der Waals surface area contributed by atoms with Gasteiger partial charge in [0.05, 0.1) is 0 Å². The van der Waals surface area contributed by atoms with E-state index in [1.807, 2.05) is 0 Å². The van der Waals surface area contributed by atoms with Crippen LogP contribution in [0.25, 0.3) is 0 Å². The van der Waals surface area contributed by atoms with Crippen molar-refractivity contribution in [2.45, 2.75) is 58.5 Å². The summed E-state index contributed by atoms with van der Waals surface area (Å²) in [6, 6.07) is 1.73. The Labute approximate surface area is 101 Å². The van der Waals surface area contributed by atoms with Gasteiger partial charge in [0.1, 0.15) is 0 Å². The van der Waals surface area contributed by atoms with E-state index in [1.54, 1.807) is 0 Å². The summed E-state index contributed by atoms with van der Waals surface area (Å²) in [6.07, 6.45) is 5.57. The largest absolute Gasteiger partial charge is 0.315 e. The molecule has 1 N–H and O–H groups in total. The highest BCUT2D eigenvalue weighted by molar-refractivity contribution is 4.93. The first kappa shape index (κ1) is 12.4. The van der Waals surface area contributed by atoms with Gasteiger partial charge in [-0.3, -0.25) is 4.90 Å². The maximum Gasteiger partial charge on any atom is 0.0235 e. The number of hydrogen-bond donors (Lipinski definition) is 1. The Morgan fingerprint density at radius 3 is 2.50 bits per heavy atom. The van der Waals surface area contributed by atoms with E-state index in [0.717, 1.165) is 23.9 Å². The molecule has 0 amide bonds. The van der Waals surface area contributed by atoms with Crippen molar-refractivity contribution in [1.29, 1.82) is 0 Å². The number of hydrogen-bond acceptors (Lipinski definition) is 2. The van der Waals surface area contributed by atoms with Crippen LogP contribution in [0.1, 0.15) is 46.5 Å². The molecule has 1 saturated carbocycles. The molecule has 2 heteroatoms. The molecule has 2 rings (SSSR count). The van der Waals surface area contributed by atoms with Gasteiger partial charge in [-0.25, -0.2) is 0 Å². The van der Waals surface area contributed by atoms with Crippen molar-refractivity contribution in [3.8, 4) is 0 Å². The molecular weight excluding hydrogens is 196 g/mol. The van der Waals surface area contributed by atoms with E-state index in [-0.39, 0.29) is 0 Å². The lowest BCUT2D eigenvalue weighted by Gasteiger charge is -2.47. The normalized spacial score (nSPS) is 34.7. The lowest BCUT2D eigenvalue weighted by Crippen LogP contribution is -2.51. The van der Waals surface area contributed by atoms with Gasteiger partial charge in [-0.2, -0.15) is 0 Å². The second-order valence-corrected chi connectivity index (χ2v) is 6.01. The lowest BCUT2D eigenvalue weighted by atomic mass is 9.72. The van der Waals surface area contributed by atoms with Crippen molar-refractivity contribution in [2.24, 2.45) is 11.8 Å². The number of nitrogens with zero attached hydrogens (tertiary/aromatic N) is 1. The standard InChI is InChI=1S/C14H28N2/c1-4-7-16(13-5-6-15-10-13)14-8-12(9-14)11(2)3/h11-15H,4-10H2,1-3H3. The molecule has 1 heterocycles. The van der Waals surface area contributed by atoms with Gasteiger partial charge >= 0.3 is 0 Å². The first-order valence-electron chi connectivity index (χ1n) is 7.18. The van der Waals surface area contributed by atoms with Crippen LogP contribution in [0.4, 0.5) is 0 Å². The van der Waals surface area contributed by atoms with Crippen LogP contribution in [0.5, 0.6) is 0 Å². The molecular formula is C14H28N2. The molecule has 16 heavy (non-hydrogen) atoms. The summed E-state index contributed by atoms with van der Waals surface area (Å²) in [5.41, 5.74) is 0. The second-order valence-electron chi connectivity index (χ2n) is 6.01. The maximum absolute atomic E-state index is 3.51. The molecule has 0 radical (unpaired) electrons. The molecule has 1 saturated heterocycles. The minimum atomic E-state index is 0.832. The van der Waals surface area contributed by atoms with Crippen molar-refractivity contribution in [3.05, 3.63) is 0 Å². The van der Waals surface area contributed by atoms with Gasteiger partial charge in [0.15, 0.2) is 0 Å². The topological polar surface area (TPSA) is 15.3 Å². The molecule has 1 atom stereocenters. The quantitative estimate of drug-likeness (QED) is 0.772. The molecule has 0 aromatic carbocycles. The van der Waals surface area contributed by atoms with E-state index in [4.69, 9.17) is 0 Å². The van der Waals surface area contributed by atoms with E-state index in [0.29, 0.717) is 0 Å². The Hall–Kier alpha value is -0.0800. The fourth-order valence-electron chi connectivity index (χ4n) is 3.29. The third-order valence-corrected chi connectivity index (χ3v) is 4.55. The number of rotatable bonds is 5. The molecule has 1 aliphatic heterocycles. The Bertz CT molecular complexity index is 203. The predicted octanol–water partition coefficient (Wildman–Crippen LogP) is 2.49. The van der Waals surface area contributed by atoms with E-state index < -0.39 is 0 Å². The zero-order chi connectivity index (χ0) is 11.5. The van der Waals surface area contributed by atoms with E-state index in [9.17, 15) is 0 Å². The molecule has 0 aromatic rings. The Kier molecular flexibility index (Phi) is 4.26. The fourth-order valence-corrected chi connectivity index (χ4v) is 3.29. The smallest absolute Gasteiger partial charge is 0.0235 e. The summed E-state index contributed by atoms with van der Waals surface area (Å²) in [5, 5.41) is 3.51. The van der Waals surface area contributed by atoms with Gasteiger partial charge in [-0.1, -0.05) is 20.8 Å². The van der Waals surface area contributed by atoms with Gasteiger partial charge in [0.2, 0.25) is 0 Å². The molecule has 2 nitrogen and oxygen atoms in total. The number of nitrogens with one attached hydrogen (secondary N) is 1. The monoisotopic (exact) mass is 224 g/mol. The van der Waals surface area contributed by atoms with Crippen molar-refractivity contribution in [2.75, 3.05) is 19.6 Å². The van der Waals surface area contributed by atoms with Crippen LogP contribution in [0.3, 0.4) is 0 Å². The predicted molar refractivity (Wildman–Crippen MR) is 69.6 cm³/mol. The van der Waals surface area contributed by atoms with Gasteiger partial charge in [-0.05, 0) is 50.6 Å². The molecule has 0 aromatic heterocycles. The minimum Gasteiger partial charge on any atom is -0.315 e. The molecule has 0 bridgehead atoms. The van der Waals surface area contributed by atoms with Crippen LogP contribution in [-0.4, -0.2) is 36.6 Å².